The Morgan fingerprint density at radius 1 is 0.750 bits per heavy atom. The molecule has 1 saturated heterocycles. The first-order valence-corrected chi connectivity index (χ1v) is 19.4. The van der Waals surface area contributed by atoms with Crippen LogP contribution in [0.15, 0.2) is 106 Å². The van der Waals surface area contributed by atoms with E-state index in [-0.39, 0.29) is 45.8 Å². The fraction of sp³-hybridized carbons (Fsp3) is 0.244. The minimum absolute atomic E-state index is 0.00468. The number of morpholine rings is 1. The highest BCUT2D eigenvalue weighted by molar-refractivity contribution is 5.98. The third-order valence-corrected chi connectivity index (χ3v) is 10.7. The van der Waals surface area contributed by atoms with Gasteiger partial charge in [0.2, 0.25) is 11.8 Å². The summed E-state index contributed by atoms with van der Waals surface area (Å²) in [4.78, 5) is 41.7. The summed E-state index contributed by atoms with van der Waals surface area (Å²) >= 11 is 0. The maximum Gasteiger partial charge on any atom is 0.416 e. The van der Waals surface area contributed by atoms with Gasteiger partial charge in [-0.15, -0.1) is 0 Å². The standard InChI is InChI=1S/C45H37F4N5O6/c1-52(12-13-53-14-17-57-18-15-53)43(55)27-6-10-40-37(23-27)51-42(60-40)34-9-8-32(45(47,48)49)25-35(34)30-20-31(22-33(46)21-30)41-50-36-24-28(7-11-39(36)59-41)44(56)54-16-19-58-38-5-3-2-4-29(38)26-54/h2-11,20-25H,12-19,26H2,1H3. The SMILES string of the molecule is CN(CCN1CCOCC1)C(=O)c1ccc2oc(-c3ccc(C(F)(F)F)cc3-c3cc(F)cc(-c4nc5cc(C(=O)N6CCOc7ccccc7C6)ccc5o4)c3)nc2c1. The number of fused-ring (bicyclic) bond motifs is 3. The van der Waals surface area contributed by atoms with E-state index in [1.807, 2.05) is 24.3 Å². The molecule has 2 aliphatic rings. The molecule has 4 heterocycles. The van der Waals surface area contributed by atoms with E-state index in [2.05, 4.69) is 14.9 Å². The van der Waals surface area contributed by atoms with Crippen LogP contribution in [0.4, 0.5) is 17.6 Å². The molecule has 0 N–H and O–H groups in total. The van der Waals surface area contributed by atoms with Gasteiger partial charge >= 0.3 is 6.18 Å². The molecule has 15 heteroatoms. The van der Waals surface area contributed by atoms with Crippen molar-refractivity contribution in [2.75, 3.05) is 59.6 Å². The largest absolute Gasteiger partial charge is 0.491 e. The number of hydrogen-bond acceptors (Lipinski definition) is 9. The third kappa shape index (κ3) is 7.93. The lowest BCUT2D eigenvalue weighted by molar-refractivity contribution is -0.137. The Labute approximate surface area is 340 Å². The molecule has 306 valence electrons. The van der Waals surface area contributed by atoms with Gasteiger partial charge in [0.05, 0.1) is 25.3 Å². The fourth-order valence-corrected chi connectivity index (χ4v) is 7.49. The average Bonchev–Trinajstić information content (AvgIpc) is 3.82. The van der Waals surface area contributed by atoms with E-state index < -0.39 is 17.6 Å². The molecule has 2 aromatic heterocycles. The number of likely N-dealkylation sites (N-methyl/N-ethyl adjacent to an activating group) is 1. The highest BCUT2D eigenvalue weighted by atomic mass is 19.4. The number of alkyl halides is 3. The van der Waals surface area contributed by atoms with E-state index in [9.17, 15) is 22.8 Å². The van der Waals surface area contributed by atoms with Gasteiger partial charge in [-0.05, 0) is 90.0 Å². The molecule has 0 radical (unpaired) electrons. The number of rotatable bonds is 8. The number of oxazole rings is 2. The van der Waals surface area contributed by atoms with Crippen LogP contribution < -0.4 is 4.74 Å². The number of ether oxygens (including phenoxy) is 2. The van der Waals surface area contributed by atoms with E-state index in [4.69, 9.17) is 18.3 Å². The Morgan fingerprint density at radius 3 is 2.23 bits per heavy atom. The number of nitrogens with zero attached hydrogens (tertiary/aromatic N) is 5. The van der Waals surface area contributed by atoms with E-state index >= 15 is 4.39 Å². The summed E-state index contributed by atoms with van der Waals surface area (Å²) in [5.41, 5.74) is 2.31. The van der Waals surface area contributed by atoms with Crippen LogP contribution >= 0.6 is 0 Å². The van der Waals surface area contributed by atoms with Crippen LogP contribution in [-0.4, -0.2) is 96.1 Å². The van der Waals surface area contributed by atoms with Crippen molar-refractivity contribution in [1.29, 1.82) is 0 Å². The molecule has 5 aromatic carbocycles. The number of halogens is 4. The Bertz CT molecular complexity index is 2760. The predicted octanol–water partition coefficient (Wildman–Crippen LogP) is 8.57. The van der Waals surface area contributed by atoms with Crippen molar-refractivity contribution < 1.29 is 45.5 Å². The van der Waals surface area contributed by atoms with Crippen molar-refractivity contribution in [2.24, 2.45) is 0 Å². The van der Waals surface area contributed by atoms with E-state index in [1.54, 1.807) is 53.2 Å². The zero-order valence-corrected chi connectivity index (χ0v) is 32.3. The molecule has 0 aliphatic carbocycles. The van der Waals surface area contributed by atoms with Gasteiger partial charge in [0.15, 0.2) is 11.2 Å². The minimum atomic E-state index is -4.72. The third-order valence-electron chi connectivity index (χ3n) is 10.7. The van der Waals surface area contributed by atoms with Crippen molar-refractivity contribution in [1.82, 2.24) is 24.7 Å². The summed E-state index contributed by atoms with van der Waals surface area (Å²) < 4.78 is 81.2. The summed E-state index contributed by atoms with van der Waals surface area (Å²) in [7, 11) is 1.72. The second kappa shape index (κ2) is 15.9. The number of aromatic nitrogens is 2. The molecule has 2 aliphatic heterocycles. The van der Waals surface area contributed by atoms with Gasteiger partial charge in [-0.2, -0.15) is 13.2 Å². The van der Waals surface area contributed by atoms with Crippen molar-refractivity contribution in [3.8, 4) is 39.8 Å². The lowest BCUT2D eigenvalue weighted by atomic mass is 9.95. The molecular weight excluding hydrogens is 783 g/mol. The summed E-state index contributed by atoms with van der Waals surface area (Å²) in [5, 5.41) is 0. The monoisotopic (exact) mass is 819 g/mol. The van der Waals surface area contributed by atoms with Crippen LogP contribution in [0.25, 0.3) is 56.2 Å². The first kappa shape index (κ1) is 38.9. The second-order valence-electron chi connectivity index (χ2n) is 14.8. The maximum absolute atomic E-state index is 15.5. The highest BCUT2D eigenvalue weighted by Crippen LogP contribution is 2.40. The maximum atomic E-state index is 15.5. The molecule has 0 bridgehead atoms. The van der Waals surface area contributed by atoms with Gasteiger partial charge < -0.3 is 28.1 Å². The van der Waals surface area contributed by atoms with Crippen LogP contribution in [0.5, 0.6) is 5.75 Å². The summed E-state index contributed by atoms with van der Waals surface area (Å²) in [6.07, 6.45) is -4.72. The van der Waals surface area contributed by atoms with Gasteiger partial charge in [0.1, 0.15) is 29.2 Å². The Hall–Kier alpha value is -6.58. The van der Waals surface area contributed by atoms with E-state index in [1.165, 1.54) is 12.1 Å². The van der Waals surface area contributed by atoms with Crippen LogP contribution in [0, 0.1) is 5.82 Å². The molecule has 7 aromatic rings. The predicted molar refractivity (Wildman–Crippen MR) is 214 cm³/mol. The van der Waals surface area contributed by atoms with Crippen LogP contribution in [-0.2, 0) is 17.5 Å². The number of hydrogen-bond donors (Lipinski definition) is 0. The van der Waals surface area contributed by atoms with Crippen molar-refractivity contribution in [3.63, 3.8) is 0 Å². The van der Waals surface area contributed by atoms with E-state index in [0.717, 1.165) is 48.7 Å². The van der Waals surface area contributed by atoms with Gasteiger partial charge in [-0.1, -0.05) is 18.2 Å². The molecule has 9 rings (SSSR count). The molecule has 0 unspecified atom stereocenters. The normalized spacial score (nSPS) is 14.8. The average molecular weight is 820 g/mol. The first-order valence-electron chi connectivity index (χ1n) is 19.4. The minimum Gasteiger partial charge on any atom is -0.491 e. The quantitative estimate of drug-likeness (QED) is 0.139. The molecule has 0 spiro atoms. The van der Waals surface area contributed by atoms with Crippen LogP contribution in [0.1, 0.15) is 31.8 Å². The van der Waals surface area contributed by atoms with Crippen molar-refractivity contribution >= 4 is 34.0 Å². The first-order chi connectivity index (χ1) is 29.0. The second-order valence-corrected chi connectivity index (χ2v) is 14.8. The zero-order valence-electron chi connectivity index (χ0n) is 32.3. The Balaban J connectivity index is 1.01. The lowest BCUT2D eigenvalue weighted by Gasteiger charge is -2.28. The molecule has 2 amide bonds. The van der Waals surface area contributed by atoms with Crippen molar-refractivity contribution in [3.05, 3.63) is 125 Å². The molecule has 0 atom stereocenters. The van der Waals surface area contributed by atoms with Crippen LogP contribution in [0.2, 0.25) is 0 Å². The smallest absolute Gasteiger partial charge is 0.416 e. The van der Waals surface area contributed by atoms with Crippen LogP contribution in [0.3, 0.4) is 0 Å². The van der Waals surface area contributed by atoms with Gasteiger partial charge in [-0.25, -0.2) is 14.4 Å². The summed E-state index contributed by atoms with van der Waals surface area (Å²) in [6, 6.07) is 23.9. The molecule has 1 fully saturated rings. The molecule has 11 nitrogen and oxygen atoms in total. The molecular formula is C45H37F4N5O6. The number of para-hydroxylation sites is 1. The number of carbonyl (C=O) groups excluding carboxylic acids is 2. The Kier molecular flexibility index (Phi) is 10.3. The highest BCUT2D eigenvalue weighted by Gasteiger charge is 2.32. The number of amides is 2. The van der Waals surface area contributed by atoms with Gasteiger partial charge in [0, 0.05) is 67.6 Å². The fourth-order valence-electron chi connectivity index (χ4n) is 7.49. The van der Waals surface area contributed by atoms with Crippen molar-refractivity contribution in [2.45, 2.75) is 12.7 Å². The van der Waals surface area contributed by atoms with Gasteiger partial charge in [-0.3, -0.25) is 14.5 Å². The number of benzene rings is 5. The molecule has 0 saturated carbocycles. The Morgan fingerprint density at radius 2 is 1.45 bits per heavy atom. The lowest BCUT2D eigenvalue weighted by Crippen LogP contribution is -2.41. The summed E-state index contributed by atoms with van der Waals surface area (Å²) in [5.74, 6) is -0.519. The number of carbonyl (C=O) groups is 2. The van der Waals surface area contributed by atoms with Gasteiger partial charge in [0.25, 0.3) is 11.8 Å². The summed E-state index contributed by atoms with van der Waals surface area (Å²) in [6.45, 7) is 5.16. The molecule has 60 heavy (non-hydrogen) atoms. The van der Waals surface area contributed by atoms with E-state index in [0.29, 0.717) is 79.3 Å². The topological polar surface area (TPSA) is 114 Å². The zero-order chi connectivity index (χ0) is 41.5.